The molecule has 140 valence electrons. The summed E-state index contributed by atoms with van der Waals surface area (Å²) in [7, 11) is 0. The monoisotopic (exact) mass is 375 g/mol. The third-order valence-electron chi connectivity index (χ3n) is 5.96. The Morgan fingerprint density at radius 2 is 1.52 bits per heavy atom. The molecular weight excluding hydrogens is 354 g/mol. The first-order valence-corrected chi connectivity index (χ1v) is 10.0. The molecule has 0 aliphatic rings. The summed E-state index contributed by atoms with van der Waals surface area (Å²) in [6.07, 6.45) is 3.77. The van der Waals surface area contributed by atoms with Crippen molar-refractivity contribution in [1.29, 1.82) is 0 Å². The Morgan fingerprint density at radius 1 is 0.759 bits per heavy atom. The minimum atomic E-state index is 0.0721. The van der Waals surface area contributed by atoms with Gasteiger partial charge in [0.15, 0.2) is 0 Å². The average Bonchev–Trinajstić information content (AvgIpc) is 3.24. The molecule has 4 heterocycles. The highest BCUT2D eigenvalue weighted by atomic mass is 15.0. The summed E-state index contributed by atoms with van der Waals surface area (Å²) in [5.41, 5.74) is 6.91. The fraction of sp³-hybridized carbons (Fsp3) is 0.154. The van der Waals surface area contributed by atoms with Crippen LogP contribution in [0.3, 0.4) is 0 Å². The molecule has 0 spiro atoms. The first-order valence-electron chi connectivity index (χ1n) is 10.0. The molecule has 0 fully saturated rings. The highest BCUT2D eigenvalue weighted by molar-refractivity contribution is 6.23. The number of hydrogen-bond acceptors (Lipinski definition) is 2. The van der Waals surface area contributed by atoms with E-state index in [1.54, 1.807) is 0 Å². The largest absolute Gasteiger partial charge is 0.293 e. The van der Waals surface area contributed by atoms with E-state index in [1.165, 1.54) is 38.1 Å². The summed E-state index contributed by atoms with van der Waals surface area (Å²) in [5, 5.41) is 5.05. The van der Waals surface area contributed by atoms with Crippen LogP contribution in [0.5, 0.6) is 0 Å². The van der Waals surface area contributed by atoms with Crippen molar-refractivity contribution in [3.8, 4) is 11.3 Å². The average molecular weight is 375 g/mol. The summed E-state index contributed by atoms with van der Waals surface area (Å²) < 4.78 is 2.32. The molecule has 2 aromatic carbocycles. The number of benzene rings is 2. The van der Waals surface area contributed by atoms with E-state index in [9.17, 15) is 0 Å². The molecule has 4 aromatic heterocycles. The van der Waals surface area contributed by atoms with Gasteiger partial charge in [0, 0.05) is 39.5 Å². The minimum absolute atomic E-state index is 0.0721. The van der Waals surface area contributed by atoms with Gasteiger partial charge in [-0.3, -0.25) is 9.38 Å². The third kappa shape index (κ3) is 2.24. The van der Waals surface area contributed by atoms with Gasteiger partial charge in [-0.15, -0.1) is 0 Å². The minimum Gasteiger partial charge on any atom is -0.293 e. The Bertz CT molecular complexity index is 1520. The predicted molar refractivity (Wildman–Crippen MR) is 121 cm³/mol. The van der Waals surface area contributed by atoms with Crippen LogP contribution in [-0.2, 0) is 5.41 Å². The molecule has 0 aliphatic heterocycles. The van der Waals surface area contributed by atoms with Crippen molar-refractivity contribution < 1.29 is 0 Å². The van der Waals surface area contributed by atoms with E-state index in [4.69, 9.17) is 4.98 Å². The van der Waals surface area contributed by atoms with Crippen LogP contribution in [-0.4, -0.2) is 14.4 Å². The van der Waals surface area contributed by atoms with Gasteiger partial charge < -0.3 is 0 Å². The second-order valence-corrected chi connectivity index (χ2v) is 8.83. The van der Waals surface area contributed by atoms with Crippen LogP contribution in [0.4, 0.5) is 0 Å². The number of aromatic nitrogens is 3. The fourth-order valence-electron chi connectivity index (χ4n) is 4.46. The number of fused-ring (bicyclic) bond motifs is 6. The zero-order chi connectivity index (χ0) is 19.8. The van der Waals surface area contributed by atoms with Gasteiger partial charge in [-0.1, -0.05) is 45.0 Å². The van der Waals surface area contributed by atoms with Crippen LogP contribution in [0.1, 0.15) is 26.3 Å². The molecule has 6 aromatic rings. The van der Waals surface area contributed by atoms with Crippen LogP contribution >= 0.6 is 0 Å². The molecule has 3 nitrogen and oxygen atoms in total. The van der Waals surface area contributed by atoms with Gasteiger partial charge in [-0.05, 0) is 47.4 Å². The first kappa shape index (κ1) is 16.5. The van der Waals surface area contributed by atoms with E-state index < -0.39 is 0 Å². The standard InChI is InChI=1S/C26H21N3/c1-26(2,3)17-13-19-18-8-4-5-10-23(18)29-24(19)20(14-17)21-12-16(15-28-25(21)29)22-9-6-7-11-27-22/h4-15H,1-3H3. The maximum absolute atomic E-state index is 4.91. The molecule has 6 rings (SSSR count). The Hall–Kier alpha value is -3.46. The maximum atomic E-state index is 4.91. The van der Waals surface area contributed by atoms with Gasteiger partial charge in [0.1, 0.15) is 5.65 Å². The highest BCUT2D eigenvalue weighted by Crippen LogP contribution is 2.41. The summed E-state index contributed by atoms with van der Waals surface area (Å²) in [6, 6.07) is 21.6. The van der Waals surface area contributed by atoms with E-state index in [-0.39, 0.29) is 5.41 Å². The van der Waals surface area contributed by atoms with Crippen molar-refractivity contribution in [3.05, 3.63) is 78.6 Å². The molecule has 29 heavy (non-hydrogen) atoms. The van der Waals surface area contributed by atoms with Gasteiger partial charge in [-0.25, -0.2) is 4.98 Å². The number of pyridine rings is 2. The van der Waals surface area contributed by atoms with Crippen molar-refractivity contribution in [3.63, 3.8) is 0 Å². The van der Waals surface area contributed by atoms with Gasteiger partial charge in [-0.2, -0.15) is 0 Å². The van der Waals surface area contributed by atoms with E-state index in [1.807, 2.05) is 30.6 Å². The van der Waals surface area contributed by atoms with Crippen molar-refractivity contribution in [2.45, 2.75) is 26.2 Å². The fourth-order valence-corrected chi connectivity index (χ4v) is 4.46. The molecule has 0 aliphatic carbocycles. The lowest BCUT2D eigenvalue weighted by Gasteiger charge is -2.19. The van der Waals surface area contributed by atoms with Gasteiger partial charge in [0.2, 0.25) is 0 Å². The second-order valence-electron chi connectivity index (χ2n) is 8.83. The van der Waals surface area contributed by atoms with Crippen LogP contribution in [0.25, 0.3) is 49.5 Å². The summed E-state index contributed by atoms with van der Waals surface area (Å²) in [6.45, 7) is 6.83. The van der Waals surface area contributed by atoms with Crippen molar-refractivity contribution in [2.24, 2.45) is 0 Å². The van der Waals surface area contributed by atoms with E-state index in [0.29, 0.717) is 0 Å². The Kier molecular flexibility index (Phi) is 3.15. The van der Waals surface area contributed by atoms with Crippen molar-refractivity contribution in [2.75, 3.05) is 0 Å². The lowest BCUT2D eigenvalue weighted by molar-refractivity contribution is 0.592. The molecule has 0 amide bonds. The Balaban J connectivity index is 1.82. The predicted octanol–water partition coefficient (Wildman–Crippen LogP) is 6.59. The molecule has 0 unspecified atom stereocenters. The zero-order valence-electron chi connectivity index (χ0n) is 16.8. The van der Waals surface area contributed by atoms with E-state index in [2.05, 4.69) is 72.6 Å². The quantitative estimate of drug-likeness (QED) is 0.324. The number of hydrogen-bond donors (Lipinski definition) is 0. The lowest BCUT2D eigenvalue weighted by Crippen LogP contribution is -2.10. The summed E-state index contributed by atoms with van der Waals surface area (Å²) in [5.74, 6) is 0. The molecular formula is C26H21N3. The third-order valence-corrected chi connectivity index (χ3v) is 5.96. The number of nitrogens with zero attached hydrogens (tertiary/aromatic N) is 3. The van der Waals surface area contributed by atoms with Crippen LogP contribution in [0, 0.1) is 0 Å². The molecule has 0 atom stereocenters. The first-order chi connectivity index (χ1) is 14.0. The van der Waals surface area contributed by atoms with Crippen LogP contribution < -0.4 is 0 Å². The number of rotatable bonds is 1. The van der Waals surface area contributed by atoms with E-state index in [0.717, 1.165) is 16.9 Å². The zero-order valence-corrected chi connectivity index (χ0v) is 16.8. The van der Waals surface area contributed by atoms with Crippen molar-refractivity contribution >= 4 is 38.2 Å². The Morgan fingerprint density at radius 3 is 2.28 bits per heavy atom. The molecule has 0 bridgehead atoms. The van der Waals surface area contributed by atoms with Crippen LogP contribution in [0.15, 0.2) is 73.1 Å². The molecule has 0 N–H and O–H groups in total. The highest BCUT2D eigenvalue weighted by Gasteiger charge is 2.22. The summed E-state index contributed by atoms with van der Waals surface area (Å²) >= 11 is 0. The topological polar surface area (TPSA) is 30.2 Å². The van der Waals surface area contributed by atoms with Gasteiger partial charge in [0.05, 0.1) is 16.7 Å². The molecule has 3 heteroatoms. The second kappa shape index (κ2) is 5.54. The molecule has 0 saturated carbocycles. The normalized spacial score (nSPS) is 12.7. The Labute approximate surface area is 169 Å². The van der Waals surface area contributed by atoms with E-state index >= 15 is 0 Å². The SMILES string of the molecule is CC(C)(C)c1cc2c3ccccc3n3c4ncc(-c5ccccn5)cc4c(c1)c23. The molecule has 0 saturated heterocycles. The maximum Gasteiger partial charge on any atom is 0.145 e. The molecule has 0 radical (unpaired) electrons. The summed E-state index contributed by atoms with van der Waals surface area (Å²) in [4.78, 5) is 9.43. The van der Waals surface area contributed by atoms with Crippen molar-refractivity contribution in [1.82, 2.24) is 14.4 Å². The van der Waals surface area contributed by atoms with Crippen LogP contribution in [0.2, 0.25) is 0 Å². The lowest BCUT2D eigenvalue weighted by atomic mass is 9.85. The van der Waals surface area contributed by atoms with Gasteiger partial charge >= 0.3 is 0 Å². The smallest absolute Gasteiger partial charge is 0.145 e. The number of para-hydroxylation sites is 1. The van der Waals surface area contributed by atoms with Gasteiger partial charge in [0.25, 0.3) is 0 Å².